The van der Waals surface area contributed by atoms with E-state index in [4.69, 9.17) is 4.43 Å². The van der Waals surface area contributed by atoms with Crippen molar-refractivity contribution in [2.45, 2.75) is 58.1 Å². The van der Waals surface area contributed by atoms with E-state index in [9.17, 15) is 19.8 Å². The van der Waals surface area contributed by atoms with Crippen molar-refractivity contribution < 1.29 is 24.2 Å². The summed E-state index contributed by atoms with van der Waals surface area (Å²) in [4.78, 5) is 22.9. The van der Waals surface area contributed by atoms with Gasteiger partial charge in [-0.1, -0.05) is 19.1 Å². The summed E-state index contributed by atoms with van der Waals surface area (Å²) in [6.45, 7) is 11.9. The minimum absolute atomic E-state index is 0.531. The van der Waals surface area contributed by atoms with Crippen molar-refractivity contribution in [1.82, 2.24) is 0 Å². The zero-order chi connectivity index (χ0) is 15.9. The Balaban J connectivity index is 3.28. The SMILES string of the molecule is CC(C(=O)O)C1(C(C)C(=O)O)CC[Si](C)(C)[Si](C)(C)O1. The first-order valence-electron chi connectivity index (χ1n) is 7.03. The van der Waals surface area contributed by atoms with Crippen LogP contribution < -0.4 is 0 Å². The van der Waals surface area contributed by atoms with Gasteiger partial charge in [0.05, 0.1) is 25.0 Å². The van der Waals surface area contributed by atoms with E-state index < -0.39 is 44.8 Å². The molecule has 0 spiro atoms. The molecule has 2 N–H and O–H groups in total. The molecule has 0 amide bonds. The molecule has 1 fully saturated rings. The third-order valence-electron chi connectivity index (χ3n) is 5.42. The van der Waals surface area contributed by atoms with Gasteiger partial charge in [0, 0.05) is 0 Å². The zero-order valence-electron chi connectivity index (χ0n) is 13.2. The molecule has 116 valence electrons. The van der Waals surface area contributed by atoms with E-state index in [0.29, 0.717) is 6.42 Å². The van der Waals surface area contributed by atoms with Crippen LogP contribution in [0.2, 0.25) is 32.2 Å². The Morgan fingerprint density at radius 2 is 1.45 bits per heavy atom. The molecule has 1 saturated heterocycles. The molecule has 2 unspecified atom stereocenters. The van der Waals surface area contributed by atoms with Gasteiger partial charge in [-0.3, -0.25) is 9.59 Å². The maximum atomic E-state index is 11.5. The average Bonchev–Trinajstić information content (AvgIpc) is 2.30. The predicted molar refractivity (Wildman–Crippen MR) is 81.8 cm³/mol. The molecule has 2 atom stereocenters. The molecule has 0 aliphatic carbocycles. The fraction of sp³-hybridized carbons (Fsp3) is 0.846. The lowest BCUT2D eigenvalue weighted by Crippen LogP contribution is -2.69. The van der Waals surface area contributed by atoms with E-state index in [-0.39, 0.29) is 0 Å². The number of hydrogen-bond acceptors (Lipinski definition) is 3. The Bertz CT molecular complexity index is 399. The van der Waals surface area contributed by atoms with Gasteiger partial charge in [0.15, 0.2) is 7.83 Å². The maximum Gasteiger partial charge on any atom is 0.309 e. The number of hydrogen-bond donors (Lipinski definition) is 2. The molecule has 0 bridgehead atoms. The molecule has 1 heterocycles. The normalized spacial score (nSPS) is 31.3. The largest absolute Gasteiger partial charge is 0.481 e. The lowest BCUT2D eigenvalue weighted by atomic mass is 9.76. The molecule has 0 aromatic carbocycles. The first kappa shape index (κ1) is 17.4. The smallest absolute Gasteiger partial charge is 0.309 e. The van der Waals surface area contributed by atoms with Crippen molar-refractivity contribution in [3.05, 3.63) is 0 Å². The average molecular weight is 319 g/mol. The van der Waals surface area contributed by atoms with Crippen LogP contribution in [0.5, 0.6) is 0 Å². The van der Waals surface area contributed by atoms with Gasteiger partial charge in [-0.05, 0) is 33.4 Å². The minimum Gasteiger partial charge on any atom is -0.481 e. The number of rotatable bonds is 4. The lowest BCUT2D eigenvalue weighted by molar-refractivity contribution is -0.163. The Labute approximate surface area is 122 Å². The highest BCUT2D eigenvalue weighted by Crippen LogP contribution is 2.46. The predicted octanol–water partition coefficient (Wildman–Crippen LogP) is 2.58. The van der Waals surface area contributed by atoms with Crippen LogP contribution in [-0.4, -0.2) is 43.2 Å². The fourth-order valence-corrected chi connectivity index (χ4v) is 9.76. The van der Waals surface area contributed by atoms with Crippen LogP contribution in [0.4, 0.5) is 0 Å². The fourth-order valence-electron chi connectivity index (χ4n) is 2.88. The second-order valence-corrected chi connectivity index (χ2v) is 22.2. The Kier molecular flexibility index (Phi) is 4.58. The molecule has 0 radical (unpaired) electrons. The minimum atomic E-state index is -2.06. The monoisotopic (exact) mass is 318 g/mol. The van der Waals surface area contributed by atoms with Crippen molar-refractivity contribution in [2.75, 3.05) is 0 Å². The molecule has 20 heavy (non-hydrogen) atoms. The van der Waals surface area contributed by atoms with Gasteiger partial charge in [0.2, 0.25) is 0 Å². The van der Waals surface area contributed by atoms with E-state index in [1.165, 1.54) is 0 Å². The second kappa shape index (κ2) is 5.27. The van der Waals surface area contributed by atoms with E-state index in [2.05, 4.69) is 26.2 Å². The molecule has 1 aliphatic heterocycles. The number of carbonyl (C=O) groups is 2. The Morgan fingerprint density at radius 3 is 1.75 bits per heavy atom. The van der Waals surface area contributed by atoms with Crippen molar-refractivity contribution >= 4 is 27.4 Å². The molecule has 1 aliphatic rings. The van der Waals surface area contributed by atoms with E-state index in [0.717, 1.165) is 6.04 Å². The quantitative estimate of drug-likeness (QED) is 0.778. The van der Waals surface area contributed by atoms with Gasteiger partial charge in [-0.15, -0.1) is 0 Å². The highest BCUT2D eigenvalue weighted by Gasteiger charge is 2.59. The molecule has 5 nitrogen and oxygen atoms in total. The van der Waals surface area contributed by atoms with Crippen LogP contribution in [0.3, 0.4) is 0 Å². The molecule has 1 rings (SSSR count). The number of carboxylic acids is 2. The van der Waals surface area contributed by atoms with Crippen molar-refractivity contribution in [2.24, 2.45) is 11.8 Å². The molecule has 0 aromatic rings. The van der Waals surface area contributed by atoms with Crippen LogP contribution in [-0.2, 0) is 14.0 Å². The highest BCUT2D eigenvalue weighted by molar-refractivity contribution is 7.38. The summed E-state index contributed by atoms with van der Waals surface area (Å²) >= 11 is 0. The van der Waals surface area contributed by atoms with E-state index in [1.54, 1.807) is 13.8 Å². The summed E-state index contributed by atoms with van der Waals surface area (Å²) in [6, 6.07) is 0.932. The lowest BCUT2D eigenvalue weighted by Gasteiger charge is -2.55. The molecule has 0 saturated carbocycles. The summed E-state index contributed by atoms with van der Waals surface area (Å²) < 4.78 is 6.36. The highest BCUT2D eigenvalue weighted by atomic mass is 29.3. The van der Waals surface area contributed by atoms with Crippen LogP contribution >= 0.6 is 0 Å². The van der Waals surface area contributed by atoms with Crippen molar-refractivity contribution in [3.8, 4) is 0 Å². The van der Waals surface area contributed by atoms with Crippen LogP contribution in [0.25, 0.3) is 0 Å². The van der Waals surface area contributed by atoms with Crippen molar-refractivity contribution in [1.29, 1.82) is 0 Å². The molecular weight excluding hydrogens is 292 g/mol. The molecule has 0 aromatic heterocycles. The maximum absolute atomic E-state index is 11.5. The molecule has 7 heteroatoms. The third-order valence-corrected chi connectivity index (χ3v) is 21.9. The first-order valence-corrected chi connectivity index (χ1v) is 14.1. The summed E-state index contributed by atoms with van der Waals surface area (Å²) in [5.74, 6) is -3.59. The zero-order valence-corrected chi connectivity index (χ0v) is 15.2. The second-order valence-electron chi connectivity index (χ2n) is 7.07. The first-order chi connectivity index (χ1) is 8.87. The topological polar surface area (TPSA) is 83.8 Å². The van der Waals surface area contributed by atoms with Gasteiger partial charge in [-0.2, -0.15) is 0 Å². The standard InChI is InChI=1S/C13H26O5Si2/c1-9(11(14)15)13(10(2)12(16)17)7-8-19(3,4)20(5,6)18-13/h9-10H,7-8H2,1-6H3,(H,14,15)(H,16,17). The number of aliphatic carboxylic acids is 2. The third kappa shape index (κ3) is 2.71. The van der Waals surface area contributed by atoms with Gasteiger partial charge >= 0.3 is 11.9 Å². The van der Waals surface area contributed by atoms with Crippen molar-refractivity contribution in [3.63, 3.8) is 0 Å². The van der Waals surface area contributed by atoms with E-state index in [1.807, 2.05) is 0 Å². The van der Waals surface area contributed by atoms with Gasteiger partial charge in [0.25, 0.3) is 0 Å². The van der Waals surface area contributed by atoms with Gasteiger partial charge in [0.1, 0.15) is 0 Å². The molecular formula is C13H26O5Si2. The summed E-state index contributed by atoms with van der Waals surface area (Å²) in [5, 5.41) is 18.8. The van der Waals surface area contributed by atoms with E-state index >= 15 is 0 Å². The Hall–Kier alpha value is -0.666. The van der Waals surface area contributed by atoms with Crippen LogP contribution in [0.1, 0.15) is 20.3 Å². The summed E-state index contributed by atoms with van der Waals surface area (Å²) in [7, 11) is -3.60. The van der Waals surface area contributed by atoms with Gasteiger partial charge < -0.3 is 14.6 Å². The Morgan fingerprint density at radius 1 is 1.05 bits per heavy atom. The number of carboxylic acid groups (broad SMARTS) is 2. The summed E-state index contributed by atoms with van der Waals surface area (Å²) in [6.07, 6.45) is 0.531. The van der Waals surface area contributed by atoms with Crippen LogP contribution in [0, 0.1) is 11.8 Å². The van der Waals surface area contributed by atoms with Crippen LogP contribution in [0.15, 0.2) is 0 Å². The summed E-state index contributed by atoms with van der Waals surface area (Å²) in [5.41, 5.74) is -1.07. The van der Waals surface area contributed by atoms with Gasteiger partial charge in [-0.25, -0.2) is 0 Å².